The number of rotatable bonds is 5. The molecule has 0 aromatic carbocycles. The number of hydrogen-bond donors (Lipinski definition) is 0. The van der Waals surface area contributed by atoms with Gasteiger partial charge in [0.05, 0.1) is 25.3 Å². The van der Waals surface area contributed by atoms with Crippen molar-refractivity contribution in [3.05, 3.63) is 17.5 Å². The van der Waals surface area contributed by atoms with Gasteiger partial charge in [0.25, 0.3) is 0 Å². The van der Waals surface area contributed by atoms with Crippen LogP contribution in [0.25, 0.3) is 0 Å². The minimum atomic E-state index is -0.346. The molecule has 0 radical (unpaired) electrons. The van der Waals surface area contributed by atoms with E-state index in [2.05, 4.69) is 5.10 Å². The summed E-state index contributed by atoms with van der Waals surface area (Å²) in [5.41, 5.74) is 1.97. The molecule has 94 valence electrons. The maximum Gasteiger partial charge on any atom is 0.164 e. The Kier molecular flexibility index (Phi) is 3.91. The lowest BCUT2D eigenvalue weighted by molar-refractivity contribution is -0.126. The van der Waals surface area contributed by atoms with Gasteiger partial charge in [0.2, 0.25) is 0 Å². The first-order valence-corrected chi connectivity index (χ1v) is 5.95. The molecule has 1 aromatic rings. The van der Waals surface area contributed by atoms with Crippen molar-refractivity contribution in [2.45, 2.75) is 32.5 Å². The molecule has 1 saturated heterocycles. The molecule has 0 N–H and O–H groups in total. The molecule has 2 heterocycles. The topological polar surface area (TPSA) is 53.4 Å². The standard InChI is InChI=1S/C12H18N2O3/c1-3-9-6-10(14(2)13-9)7-11(15)8-12-16-4-5-17-12/h6,12H,3-5,7-8H2,1-2H3. The first-order chi connectivity index (χ1) is 8.19. The number of carbonyl (C=O) groups excluding carboxylic acids is 1. The highest BCUT2D eigenvalue weighted by molar-refractivity contribution is 5.80. The summed E-state index contributed by atoms with van der Waals surface area (Å²) in [6.45, 7) is 3.22. The molecule has 1 aromatic heterocycles. The Hall–Kier alpha value is -1.20. The van der Waals surface area contributed by atoms with Crippen LogP contribution in [0.2, 0.25) is 0 Å². The van der Waals surface area contributed by atoms with Crippen molar-refractivity contribution < 1.29 is 14.3 Å². The molecule has 0 amide bonds. The molecule has 5 nitrogen and oxygen atoms in total. The van der Waals surface area contributed by atoms with Crippen LogP contribution in [0.3, 0.4) is 0 Å². The molecule has 1 aliphatic heterocycles. The Morgan fingerprint density at radius 2 is 2.24 bits per heavy atom. The lowest BCUT2D eigenvalue weighted by atomic mass is 10.1. The van der Waals surface area contributed by atoms with Crippen LogP contribution in [0, 0.1) is 0 Å². The summed E-state index contributed by atoms with van der Waals surface area (Å²) >= 11 is 0. The molecular formula is C12H18N2O3. The third-order valence-corrected chi connectivity index (χ3v) is 2.85. The summed E-state index contributed by atoms with van der Waals surface area (Å²) in [5, 5.41) is 4.32. The van der Waals surface area contributed by atoms with Gasteiger partial charge in [-0.1, -0.05) is 6.92 Å². The number of ether oxygens (including phenoxy) is 2. The first kappa shape index (κ1) is 12.3. The van der Waals surface area contributed by atoms with E-state index in [1.54, 1.807) is 4.68 Å². The zero-order valence-electron chi connectivity index (χ0n) is 10.3. The molecule has 2 rings (SSSR count). The van der Waals surface area contributed by atoms with E-state index >= 15 is 0 Å². The molecule has 0 atom stereocenters. The molecule has 0 aliphatic carbocycles. The second-order valence-electron chi connectivity index (χ2n) is 4.19. The minimum Gasteiger partial charge on any atom is -0.350 e. The highest BCUT2D eigenvalue weighted by Gasteiger charge is 2.20. The molecule has 0 spiro atoms. The van der Waals surface area contributed by atoms with E-state index in [9.17, 15) is 4.79 Å². The van der Waals surface area contributed by atoms with Crippen LogP contribution in [0.4, 0.5) is 0 Å². The average Bonchev–Trinajstić information content (AvgIpc) is 2.89. The molecule has 1 fully saturated rings. The highest BCUT2D eigenvalue weighted by atomic mass is 16.7. The number of aromatic nitrogens is 2. The van der Waals surface area contributed by atoms with Crippen molar-refractivity contribution in [1.29, 1.82) is 0 Å². The summed E-state index contributed by atoms with van der Waals surface area (Å²) in [7, 11) is 1.87. The van der Waals surface area contributed by atoms with Gasteiger partial charge in [-0.05, 0) is 12.5 Å². The molecule has 0 bridgehead atoms. The Bertz CT molecular complexity index is 394. The Balaban J connectivity index is 1.90. The molecule has 0 unspecified atom stereocenters. The van der Waals surface area contributed by atoms with Crippen LogP contribution in [0.15, 0.2) is 6.07 Å². The lowest BCUT2D eigenvalue weighted by Gasteiger charge is -2.07. The summed E-state index contributed by atoms with van der Waals surface area (Å²) in [4.78, 5) is 11.8. The van der Waals surface area contributed by atoms with Crippen LogP contribution < -0.4 is 0 Å². The van der Waals surface area contributed by atoms with Gasteiger partial charge in [-0.2, -0.15) is 5.10 Å². The molecule has 5 heteroatoms. The van der Waals surface area contributed by atoms with E-state index in [1.165, 1.54) is 0 Å². The number of nitrogens with zero attached hydrogens (tertiary/aromatic N) is 2. The summed E-state index contributed by atoms with van der Waals surface area (Å²) in [5.74, 6) is 0.127. The van der Waals surface area contributed by atoms with Crippen molar-refractivity contribution in [3.63, 3.8) is 0 Å². The van der Waals surface area contributed by atoms with E-state index in [4.69, 9.17) is 9.47 Å². The van der Waals surface area contributed by atoms with Crippen LogP contribution in [0.5, 0.6) is 0 Å². The number of hydrogen-bond acceptors (Lipinski definition) is 4. The number of aryl methyl sites for hydroxylation is 2. The van der Waals surface area contributed by atoms with Crippen molar-refractivity contribution in [3.8, 4) is 0 Å². The molecular weight excluding hydrogens is 220 g/mol. The second kappa shape index (κ2) is 5.42. The van der Waals surface area contributed by atoms with Gasteiger partial charge in [0, 0.05) is 19.2 Å². The van der Waals surface area contributed by atoms with Crippen LogP contribution in [-0.4, -0.2) is 35.1 Å². The Morgan fingerprint density at radius 3 is 2.82 bits per heavy atom. The van der Waals surface area contributed by atoms with Crippen LogP contribution in [0.1, 0.15) is 24.7 Å². The fraction of sp³-hybridized carbons (Fsp3) is 0.667. The molecule has 17 heavy (non-hydrogen) atoms. The Labute approximate surface area is 101 Å². The zero-order valence-corrected chi connectivity index (χ0v) is 10.3. The van der Waals surface area contributed by atoms with Gasteiger partial charge in [-0.3, -0.25) is 9.48 Å². The van der Waals surface area contributed by atoms with Gasteiger partial charge >= 0.3 is 0 Å². The third-order valence-electron chi connectivity index (χ3n) is 2.85. The van der Waals surface area contributed by atoms with Crippen LogP contribution >= 0.6 is 0 Å². The fourth-order valence-corrected chi connectivity index (χ4v) is 1.89. The van der Waals surface area contributed by atoms with Crippen molar-refractivity contribution in [2.75, 3.05) is 13.2 Å². The predicted octanol–water partition coefficient (Wildman–Crippen LogP) is 0.857. The fourth-order valence-electron chi connectivity index (χ4n) is 1.89. The molecule has 0 saturated carbocycles. The van der Waals surface area contributed by atoms with E-state index in [-0.39, 0.29) is 12.1 Å². The monoisotopic (exact) mass is 238 g/mol. The van der Waals surface area contributed by atoms with Crippen molar-refractivity contribution >= 4 is 5.78 Å². The average molecular weight is 238 g/mol. The van der Waals surface area contributed by atoms with Gasteiger partial charge in [-0.25, -0.2) is 0 Å². The second-order valence-corrected chi connectivity index (χ2v) is 4.19. The summed E-state index contributed by atoms with van der Waals surface area (Å²) in [6, 6.07) is 1.98. The third kappa shape index (κ3) is 3.14. The quantitative estimate of drug-likeness (QED) is 0.763. The maximum atomic E-state index is 11.8. The van der Waals surface area contributed by atoms with E-state index in [0.717, 1.165) is 17.8 Å². The normalized spacial score (nSPS) is 16.6. The number of Topliss-reactive ketones (excluding diaryl/α,β-unsaturated/α-hetero) is 1. The summed E-state index contributed by atoms with van der Waals surface area (Å²) < 4.78 is 12.3. The smallest absolute Gasteiger partial charge is 0.164 e. The van der Waals surface area contributed by atoms with Crippen molar-refractivity contribution in [1.82, 2.24) is 9.78 Å². The van der Waals surface area contributed by atoms with E-state index in [1.807, 2.05) is 20.0 Å². The van der Waals surface area contributed by atoms with Crippen molar-refractivity contribution in [2.24, 2.45) is 7.05 Å². The first-order valence-electron chi connectivity index (χ1n) is 5.95. The maximum absolute atomic E-state index is 11.8. The van der Waals surface area contributed by atoms with Gasteiger partial charge in [0.15, 0.2) is 6.29 Å². The van der Waals surface area contributed by atoms with Gasteiger partial charge in [-0.15, -0.1) is 0 Å². The zero-order chi connectivity index (χ0) is 12.3. The van der Waals surface area contributed by atoms with E-state index in [0.29, 0.717) is 26.1 Å². The van der Waals surface area contributed by atoms with Crippen LogP contribution in [-0.2, 0) is 34.2 Å². The largest absolute Gasteiger partial charge is 0.350 e. The SMILES string of the molecule is CCc1cc(CC(=O)CC2OCCO2)n(C)n1. The minimum absolute atomic E-state index is 0.127. The van der Waals surface area contributed by atoms with Gasteiger partial charge < -0.3 is 9.47 Å². The predicted molar refractivity (Wildman–Crippen MR) is 61.6 cm³/mol. The van der Waals surface area contributed by atoms with E-state index < -0.39 is 0 Å². The molecule has 1 aliphatic rings. The number of ketones is 1. The Morgan fingerprint density at radius 1 is 1.53 bits per heavy atom. The summed E-state index contributed by atoms with van der Waals surface area (Å²) in [6.07, 6.45) is 1.26. The highest BCUT2D eigenvalue weighted by Crippen LogP contribution is 2.11. The number of carbonyl (C=O) groups is 1. The van der Waals surface area contributed by atoms with Gasteiger partial charge in [0.1, 0.15) is 5.78 Å². The lowest BCUT2D eigenvalue weighted by Crippen LogP contribution is -2.17.